The molecule has 142 valence electrons. The van der Waals surface area contributed by atoms with Gasteiger partial charge in [-0.15, -0.1) is 0 Å². The maximum atomic E-state index is 6.12. The third-order valence-corrected chi connectivity index (χ3v) is 5.22. The Balaban J connectivity index is 2.07. The van der Waals surface area contributed by atoms with Gasteiger partial charge in [0.1, 0.15) is 0 Å². The largest absolute Gasteiger partial charge is 0.352 e. The molecule has 0 aliphatic carbocycles. The zero-order valence-corrected chi connectivity index (χ0v) is 17.5. The average Bonchev–Trinajstić information content (AvgIpc) is 2.95. The summed E-state index contributed by atoms with van der Waals surface area (Å²) in [5.74, 6) is 0.733. The smallest absolute Gasteiger partial charge is 0.191 e. The molecule has 0 saturated carbocycles. The van der Waals surface area contributed by atoms with Crippen molar-refractivity contribution in [3.8, 4) is 0 Å². The van der Waals surface area contributed by atoms with Gasteiger partial charge in [-0.3, -0.25) is 9.67 Å². The van der Waals surface area contributed by atoms with Gasteiger partial charge in [0.15, 0.2) is 5.96 Å². The Labute approximate surface area is 165 Å². The van der Waals surface area contributed by atoms with Crippen LogP contribution in [0.15, 0.2) is 23.2 Å². The van der Waals surface area contributed by atoms with E-state index >= 15 is 0 Å². The predicted molar refractivity (Wildman–Crippen MR) is 110 cm³/mol. The van der Waals surface area contributed by atoms with Crippen LogP contribution in [0.1, 0.15) is 49.3 Å². The first kappa shape index (κ1) is 20.6. The van der Waals surface area contributed by atoms with Gasteiger partial charge < -0.3 is 10.6 Å². The standard InChI is InChI=1S/C19H27Cl2N5/c1-6-17-14(18(7-2)26(5)25-17)11-23-19(22-4)24-12(3)13-8-9-15(20)16(21)10-13/h8-10,12H,6-7,11H2,1-5H3,(H2,22,23,24). The van der Waals surface area contributed by atoms with Crippen LogP contribution in [-0.4, -0.2) is 22.8 Å². The van der Waals surface area contributed by atoms with Gasteiger partial charge in [0.25, 0.3) is 0 Å². The summed E-state index contributed by atoms with van der Waals surface area (Å²) in [6, 6.07) is 5.69. The zero-order chi connectivity index (χ0) is 19.3. The van der Waals surface area contributed by atoms with Gasteiger partial charge in [0.05, 0.1) is 21.8 Å². The maximum absolute atomic E-state index is 6.12. The summed E-state index contributed by atoms with van der Waals surface area (Å²) >= 11 is 12.1. The van der Waals surface area contributed by atoms with Crippen molar-refractivity contribution in [2.75, 3.05) is 7.05 Å². The Morgan fingerprint density at radius 2 is 1.96 bits per heavy atom. The molecule has 2 N–H and O–H groups in total. The lowest BCUT2D eigenvalue weighted by atomic mass is 10.1. The van der Waals surface area contributed by atoms with Crippen molar-refractivity contribution in [2.24, 2.45) is 12.0 Å². The van der Waals surface area contributed by atoms with Crippen molar-refractivity contribution < 1.29 is 0 Å². The van der Waals surface area contributed by atoms with Crippen LogP contribution < -0.4 is 10.6 Å². The first-order valence-electron chi connectivity index (χ1n) is 8.86. The molecule has 0 amide bonds. The topological polar surface area (TPSA) is 54.2 Å². The molecule has 1 unspecified atom stereocenters. The Hall–Kier alpha value is -1.72. The first-order valence-corrected chi connectivity index (χ1v) is 9.62. The zero-order valence-electron chi connectivity index (χ0n) is 16.0. The lowest BCUT2D eigenvalue weighted by Gasteiger charge is -2.19. The second kappa shape index (κ2) is 9.28. The van der Waals surface area contributed by atoms with Crippen LogP contribution in [0.2, 0.25) is 10.0 Å². The van der Waals surface area contributed by atoms with E-state index in [1.807, 2.05) is 29.9 Å². The molecule has 0 aliphatic heterocycles. The van der Waals surface area contributed by atoms with E-state index in [-0.39, 0.29) is 6.04 Å². The minimum absolute atomic E-state index is 0.0427. The molecule has 7 heteroatoms. The number of aliphatic imine (C=N–C) groups is 1. The van der Waals surface area contributed by atoms with Crippen LogP contribution in [0.4, 0.5) is 0 Å². The van der Waals surface area contributed by atoms with Crippen molar-refractivity contribution in [3.05, 3.63) is 50.8 Å². The Bertz CT molecular complexity index is 782. The summed E-state index contributed by atoms with van der Waals surface area (Å²) in [5.41, 5.74) is 4.68. The SMILES string of the molecule is CCc1nn(C)c(CC)c1CNC(=NC)NC(C)c1ccc(Cl)c(Cl)c1. The number of halogens is 2. The number of benzene rings is 1. The molecule has 5 nitrogen and oxygen atoms in total. The molecular formula is C19H27Cl2N5. The minimum Gasteiger partial charge on any atom is -0.352 e. The molecule has 1 aromatic carbocycles. The summed E-state index contributed by atoms with van der Waals surface area (Å²) in [4.78, 5) is 4.33. The molecule has 0 spiro atoms. The third-order valence-electron chi connectivity index (χ3n) is 4.48. The normalized spacial score (nSPS) is 13.0. The summed E-state index contributed by atoms with van der Waals surface area (Å²) < 4.78 is 1.98. The summed E-state index contributed by atoms with van der Waals surface area (Å²) in [6.07, 6.45) is 1.86. The van der Waals surface area contributed by atoms with Crippen LogP contribution in [0.5, 0.6) is 0 Å². The van der Waals surface area contributed by atoms with Crippen molar-refractivity contribution in [1.29, 1.82) is 0 Å². The fraction of sp³-hybridized carbons (Fsp3) is 0.474. The Morgan fingerprint density at radius 3 is 2.54 bits per heavy atom. The Kier molecular flexibility index (Phi) is 7.35. The first-order chi connectivity index (χ1) is 12.4. The molecule has 2 rings (SSSR count). The van der Waals surface area contributed by atoms with Crippen LogP contribution in [0.3, 0.4) is 0 Å². The monoisotopic (exact) mass is 395 g/mol. The van der Waals surface area contributed by atoms with E-state index < -0.39 is 0 Å². The molecule has 0 bridgehead atoms. The number of nitrogens with zero attached hydrogens (tertiary/aromatic N) is 3. The van der Waals surface area contributed by atoms with E-state index in [0.717, 1.165) is 30.1 Å². The minimum atomic E-state index is 0.0427. The van der Waals surface area contributed by atoms with Crippen molar-refractivity contribution in [3.63, 3.8) is 0 Å². The molecule has 0 saturated heterocycles. The van der Waals surface area contributed by atoms with Crippen molar-refractivity contribution in [1.82, 2.24) is 20.4 Å². The van der Waals surface area contributed by atoms with Gasteiger partial charge >= 0.3 is 0 Å². The molecule has 0 aliphatic rings. The lowest BCUT2D eigenvalue weighted by molar-refractivity contribution is 0.681. The number of aryl methyl sites for hydroxylation is 2. The maximum Gasteiger partial charge on any atom is 0.191 e. The second-order valence-electron chi connectivity index (χ2n) is 6.17. The highest BCUT2D eigenvalue weighted by molar-refractivity contribution is 6.42. The summed E-state index contributed by atoms with van der Waals surface area (Å²) in [7, 11) is 3.77. The molecular weight excluding hydrogens is 369 g/mol. The van der Waals surface area contributed by atoms with E-state index in [2.05, 4.69) is 41.5 Å². The number of rotatable bonds is 6. The highest BCUT2D eigenvalue weighted by Crippen LogP contribution is 2.25. The number of nitrogens with one attached hydrogen (secondary N) is 2. The lowest BCUT2D eigenvalue weighted by Crippen LogP contribution is -2.38. The van der Waals surface area contributed by atoms with E-state index in [4.69, 9.17) is 23.2 Å². The van der Waals surface area contributed by atoms with Gasteiger partial charge in [-0.1, -0.05) is 43.1 Å². The molecule has 1 aromatic heterocycles. The average molecular weight is 396 g/mol. The fourth-order valence-electron chi connectivity index (χ4n) is 3.03. The van der Waals surface area contributed by atoms with E-state index in [1.54, 1.807) is 7.05 Å². The highest BCUT2D eigenvalue weighted by atomic mass is 35.5. The highest BCUT2D eigenvalue weighted by Gasteiger charge is 2.15. The molecule has 0 fully saturated rings. The second-order valence-corrected chi connectivity index (χ2v) is 6.98. The molecule has 26 heavy (non-hydrogen) atoms. The van der Waals surface area contributed by atoms with Gasteiger partial charge in [0, 0.05) is 31.9 Å². The number of hydrogen-bond acceptors (Lipinski definition) is 2. The molecule has 2 aromatic rings. The Morgan fingerprint density at radius 1 is 1.23 bits per heavy atom. The third kappa shape index (κ3) is 4.71. The van der Waals surface area contributed by atoms with Crippen molar-refractivity contribution >= 4 is 29.2 Å². The van der Waals surface area contributed by atoms with Gasteiger partial charge in [-0.05, 0) is 37.5 Å². The number of aromatic nitrogens is 2. The number of hydrogen-bond donors (Lipinski definition) is 2. The van der Waals surface area contributed by atoms with Gasteiger partial charge in [0.2, 0.25) is 0 Å². The predicted octanol–water partition coefficient (Wildman–Crippen LogP) is 4.28. The molecule has 1 heterocycles. The number of guanidine groups is 1. The molecule has 1 atom stereocenters. The van der Waals surface area contributed by atoms with Gasteiger partial charge in [-0.2, -0.15) is 5.10 Å². The van der Waals surface area contributed by atoms with Crippen LogP contribution in [-0.2, 0) is 26.4 Å². The molecule has 0 radical (unpaired) electrons. The quantitative estimate of drug-likeness (QED) is 0.566. The summed E-state index contributed by atoms with van der Waals surface area (Å²) in [5, 5.41) is 12.5. The van der Waals surface area contributed by atoms with Crippen molar-refractivity contribution in [2.45, 2.75) is 46.2 Å². The van der Waals surface area contributed by atoms with E-state index in [0.29, 0.717) is 16.6 Å². The van der Waals surface area contributed by atoms with E-state index in [1.165, 1.54) is 11.3 Å². The van der Waals surface area contributed by atoms with Gasteiger partial charge in [-0.25, -0.2) is 0 Å². The fourth-order valence-corrected chi connectivity index (χ4v) is 3.34. The van der Waals surface area contributed by atoms with Crippen LogP contribution in [0, 0.1) is 0 Å². The van der Waals surface area contributed by atoms with E-state index in [9.17, 15) is 0 Å². The van der Waals surface area contributed by atoms with Crippen LogP contribution >= 0.6 is 23.2 Å². The van der Waals surface area contributed by atoms with Crippen LogP contribution in [0.25, 0.3) is 0 Å². The summed E-state index contributed by atoms with van der Waals surface area (Å²) in [6.45, 7) is 7.03.